The first-order valence-electron chi connectivity index (χ1n) is 24.7. The fourth-order valence-electron chi connectivity index (χ4n) is 9.38. The molecule has 0 saturated carbocycles. The van der Waals surface area contributed by atoms with Crippen molar-refractivity contribution in [2.75, 3.05) is 53.3 Å². The van der Waals surface area contributed by atoms with Crippen LogP contribution >= 0.6 is 0 Å². The molecule has 21 heteroatoms. The van der Waals surface area contributed by atoms with Gasteiger partial charge in [0.05, 0.1) is 27.4 Å². The lowest BCUT2D eigenvalue weighted by Crippen LogP contribution is -2.54. The molecule has 2 aromatic rings. The number of likely N-dealkylation sites (tertiary alicyclic amines) is 3. The van der Waals surface area contributed by atoms with Gasteiger partial charge in [0.1, 0.15) is 30.2 Å². The number of hydrogen-bond donors (Lipinski definition) is 4. The van der Waals surface area contributed by atoms with E-state index in [0.717, 1.165) is 11.1 Å². The van der Waals surface area contributed by atoms with E-state index in [4.69, 9.17) is 5.11 Å². The Balaban J connectivity index is 0.000000577. The Bertz CT molecular complexity index is 2300. The molecule has 0 unspecified atom stereocenters. The standard InChI is InChI=1S/C39H51N5O9.C13H22N2O5.CH4/c1-23(2)33(41-38(50)52-5)36(48)43-19-7-9-29(43)32(46)22-25-11-15-27(16-12-25)31(45)21-26-13-17-28(18-14-26)40-35(47)30-10-8-20-44(30)37(49)34(24(3)4)42-39(51)53-6;1-8(2)10(14(3)13(19)20-4)11(16)15-7-5-6-9(15)12(17)18;/h11-18,23-24,29-30,33-34H,7-10,19-22H2,1-6H3,(H,40,47)(H,41,50)(H,42,51);8-10H,5-7H2,1-4H3,(H,17,18);1H4/t29-,30-,33-,34-;9-,10-;/m00./s1. The van der Waals surface area contributed by atoms with E-state index in [1.807, 2.05) is 41.5 Å². The van der Waals surface area contributed by atoms with Crippen LogP contribution in [0.15, 0.2) is 48.5 Å². The maximum absolute atomic E-state index is 13.3. The van der Waals surface area contributed by atoms with Gasteiger partial charge in [-0.15, -0.1) is 0 Å². The highest BCUT2D eigenvalue weighted by Gasteiger charge is 2.42. The third-order valence-electron chi connectivity index (χ3n) is 13.4. The van der Waals surface area contributed by atoms with Crippen molar-refractivity contribution in [3.05, 3.63) is 65.2 Å². The third-order valence-corrected chi connectivity index (χ3v) is 13.4. The molecule has 2 aromatic carbocycles. The fraction of sp³-hybridized carbons (Fsp3) is 0.585. The molecule has 5 rings (SSSR count). The first kappa shape index (κ1) is 61.2. The zero-order valence-corrected chi connectivity index (χ0v) is 43.6. The second-order valence-corrected chi connectivity index (χ2v) is 19.5. The third kappa shape index (κ3) is 16.0. The molecule has 21 nitrogen and oxygen atoms in total. The molecule has 0 spiro atoms. The number of ketones is 2. The number of carboxylic acid groups (broad SMARTS) is 1. The zero-order valence-electron chi connectivity index (χ0n) is 43.6. The van der Waals surface area contributed by atoms with Crippen molar-refractivity contribution in [3.8, 4) is 0 Å². The predicted molar refractivity (Wildman–Crippen MR) is 274 cm³/mol. The molecule has 0 bridgehead atoms. The van der Waals surface area contributed by atoms with Crippen LogP contribution in [-0.4, -0.2) is 168 Å². The number of carbonyl (C=O) groups is 10. The van der Waals surface area contributed by atoms with E-state index in [1.54, 1.807) is 53.4 Å². The second-order valence-electron chi connectivity index (χ2n) is 19.5. The normalized spacial score (nSPS) is 18.2. The maximum atomic E-state index is 13.3. The van der Waals surface area contributed by atoms with E-state index in [-0.39, 0.29) is 73.2 Å². The van der Waals surface area contributed by atoms with Crippen LogP contribution in [0.5, 0.6) is 0 Å². The van der Waals surface area contributed by atoms with Gasteiger partial charge in [0, 0.05) is 50.8 Å². The van der Waals surface area contributed by atoms with Crippen LogP contribution in [0.2, 0.25) is 0 Å². The molecule has 3 heterocycles. The summed E-state index contributed by atoms with van der Waals surface area (Å²) in [5.74, 6) is -3.09. The number of aliphatic carboxylic acids is 1. The minimum absolute atomic E-state index is 0. The number of carbonyl (C=O) groups excluding carboxylic acids is 9. The van der Waals surface area contributed by atoms with E-state index in [0.29, 0.717) is 69.4 Å². The number of alkyl carbamates (subject to hydrolysis) is 2. The summed E-state index contributed by atoms with van der Waals surface area (Å²) < 4.78 is 14.0. The van der Waals surface area contributed by atoms with Gasteiger partial charge in [-0.3, -0.25) is 33.7 Å². The van der Waals surface area contributed by atoms with Crippen LogP contribution in [0, 0.1) is 17.8 Å². The van der Waals surface area contributed by atoms with Crippen LogP contribution in [0.25, 0.3) is 0 Å². The Kier molecular flexibility index (Phi) is 23.5. The van der Waals surface area contributed by atoms with Crippen LogP contribution in [0.3, 0.4) is 0 Å². The van der Waals surface area contributed by atoms with Crippen molar-refractivity contribution in [2.24, 2.45) is 17.8 Å². The summed E-state index contributed by atoms with van der Waals surface area (Å²) in [4.78, 5) is 131. The summed E-state index contributed by atoms with van der Waals surface area (Å²) in [5.41, 5.74) is 2.47. The Hall–Kier alpha value is -7.06. The number of nitrogens with zero attached hydrogens (tertiary/aromatic N) is 4. The summed E-state index contributed by atoms with van der Waals surface area (Å²) in [5, 5.41) is 17.2. The number of hydrogen-bond acceptors (Lipinski definition) is 13. The summed E-state index contributed by atoms with van der Waals surface area (Å²) in [6.07, 6.45) is 1.69. The molecule has 408 valence electrons. The highest BCUT2D eigenvalue weighted by Crippen LogP contribution is 2.26. The van der Waals surface area contributed by atoms with Gasteiger partial charge in [0.25, 0.3) is 0 Å². The molecular weight excluding hydrogens is 959 g/mol. The Morgan fingerprint density at radius 2 is 1.03 bits per heavy atom. The highest BCUT2D eigenvalue weighted by molar-refractivity contribution is 6.00. The molecule has 3 saturated heterocycles. The van der Waals surface area contributed by atoms with Crippen LogP contribution in [0.4, 0.5) is 20.1 Å². The van der Waals surface area contributed by atoms with Gasteiger partial charge in [-0.1, -0.05) is 85.4 Å². The summed E-state index contributed by atoms with van der Waals surface area (Å²) in [6, 6.07) is 9.35. The van der Waals surface area contributed by atoms with Gasteiger partial charge >= 0.3 is 24.2 Å². The fourth-order valence-corrected chi connectivity index (χ4v) is 9.38. The Labute approximate surface area is 434 Å². The van der Waals surface area contributed by atoms with Crippen molar-refractivity contribution in [2.45, 2.75) is 137 Å². The monoisotopic (exact) mass is 1040 g/mol. The van der Waals surface area contributed by atoms with E-state index in [2.05, 4.69) is 30.2 Å². The van der Waals surface area contributed by atoms with Gasteiger partial charge < -0.3 is 50.0 Å². The lowest BCUT2D eigenvalue weighted by atomic mass is 9.97. The molecule has 6 atom stereocenters. The molecular formula is C53H77N7O14. The molecule has 3 aliphatic heterocycles. The number of benzene rings is 2. The maximum Gasteiger partial charge on any atom is 0.409 e. The first-order valence-corrected chi connectivity index (χ1v) is 24.7. The Morgan fingerprint density at radius 3 is 1.47 bits per heavy atom. The van der Waals surface area contributed by atoms with E-state index in [1.165, 1.54) is 43.1 Å². The van der Waals surface area contributed by atoms with Crippen LogP contribution in [-0.2, 0) is 55.8 Å². The topological polar surface area (TPSA) is 268 Å². The van der Waals surface area contributed by atoms with Gasteiger partial charge in [-0.25, -0.2) is 19.2 Å². The van der Waals surface area contributed by atoms with E-state index in [9.17, 15) is 47.9 Å². The molecule has 4 N–H and O–H groups in total. The summed E-state index contributed by atoms with van der Waals surface area (Å²) in [7, 11) is 5.19. The Morgan fingerprint density at radius 1 is 0.595 bits per heavy atom. The average molecular weight is 1040 g/mol. The highest BCUT2D eigenvalue weighted by atomic mass is 16.5. The average Bonchev–Trinajstić information content (AvgIpc) is 4.17. The molecule has 7 amide bonds. The van der Waals surface area contributed by atoms with Gasteiger partial charge in [0.15, 0.2) is 11.6 Å². The number of Topliss-reactive ketones (excluding diaryl/α,β-unsaturated/α-hetero) is 2. The van der Waals surface area contributed by atoms with Crippen molar-refractivity contribution in [1.82, 2.24) is 30.2 Å². The van der Waals surface area contributed by atoms with Gasteiger partial charge in [-0.2, -0.15) is 0 Å². The van der Waals surface area contributed by atoms with Crippen molar-refractivity contribution < 1.29 is 67.3 Å². The molecule has 0 aliphatic carbocycles. The van der Waals surface area contributed by atoms with Crippen molar-refractivity contribution >= 4 is 65.1 Å². The lowest BCUT2D eigenvalue weighted by Gasteiger charge is -2.33. The molecule has 3 fully saturated rings. The van der Waals surface area contributed by atoms with Gasteiger partial charge in [0.2, 0.25) is 23.6 Å². The van der Waals surface area contributed by atoms with Crippen LogP contribution in [0.1, 0.15) is 109 Å². The zero-order chi connectivity index (χ0) is 54.3. The van der Waals surface area contributed by atoms with Crippen molar-refractivity contribution in [3.63, 3.8) is 0 Å². The number of carboxylic acids is 1. The number of anilines is 1. The summed E-state index contributed by atoms with van der Waals surface area (Å²) >= 11 is 0. The SMILES string of the molecule is C.COC(=O)N(C)[C@H](C(=O)N1CCC[C@H]1C(=O)O)C(C)C.COC(=O)N[C@H](C(=O)N1CCC[C@H]1C(=O)Cc1ccc(C(=O)Cc2ccc(NC(=O)[C@@H]3CCCN3C(=O)[C@@H](NC(=O)OC)C(C)C)cc2)cc1)C(C)C. The quantitative estimate of drug-likeness (QED) is 0.109. The molecule has 0 radical (unpaired) electrons. The number of likely N-dealkylation sites (N-methyl/N-ethyl adjacent to an activating group) is 1. The first-order chi connectivity index (χ1) is 34.5. The van der Waals surface area contributed by atoms with E-state index >= 15 is 0 Å². The minimum atomic E-state index is -1.00. The second kappa shape index (κ2) is 28.4. The largest absolute Gasteiger partial charge is 0.480 e. The smallest absolute Gasteiger partial charge is 0.409 e. The number of nitrogens with one attached hydrogen (secondary N) is 3. The predicted octanol–water partition coefficient (Wildman–Crippen LogP) is 5.33. The molecule has 0 aromatic heterocycles. The lowest BCUT2D eigenvalue weighted by molar-refractivity contribution is -0.150. The van der Waals surface area contributed by atoms with Crippen molar-refractivity contribution in [1.29, 1.82) is 0 Å². The molecule has 74 heavy (non-hydrogen) atoms. The number of ether oxygens (including phenoxy) is 3. The molecule has 3 aliphatic rings. The number of rotatable bonds is 18. The minimum Gasteiger partial charge on any atom is -0.480 e. The number of amides is 7. The van der Waals surface area contributed by atoms with Gasteiger partial charge in [-0.05, 0) is 79.5 Å². The van der Waals surface area contributed by atoms with E-state index < -0.39 is 60.5 Å². The number of methoxy groups -OCH3 is 3. The van der Waals surface area contributed by atoms with Crippen LogP contribution < -0.4 is 16.0 Å². The summed E-state index contributed by atoms with van der Waals surface area (Å²) in [6.45, 7) is 12.1.